The van der Waals surface area contributed by atoms with Crippen molar-refractivity contribution >= 4 is 11.8 Å². The second kappa shape index (κ2) is 13.6. The molecule has 0 saturated heterocycles. The van der Waals surface area contributed by atoms with E-state index in [2.05, 4.69) is 26.1 Å². The third-order valence-corrected chi connectivity index (χ3v) is 9.41. The Labute approximate surface area is 255 Å². The van der Waals surface area contributed by atoms with Gasteiger partial charge in [-0.3, -0.25) is 9.59 Å². The number of aryl methyl sites for hydroxylation is 1. The first-order chi connectivity index (χ1) is 20.7. The Morgan fingerprint density at radius 1 is 1.12 bits per heavy atom. The van der Waals surface area contributed by atoms with Gasteiger partial charge in [0.25, 0.3) is 0 Å². The minimum Gasteiger partial charge on any atom is -0.486 e. The predicted molar refractivity (Wildman–Crippen MR) is 164 cm³/mol. The molecule has 8 heteroatoms. The van der Waals surface area contributed by atoms with E-state index in [0.29, 0.717) is 29.1 Å². The second-order valence-corrected chi connectivity index (χ2v) is 12.9. The van der Waals surface area contributed by atoms with Crippen molar-refractivity contribution in [3.8, 4) is 5.75 Å². The van der Waals surface area contributed by atoms with Gasteiger partial charge in [-0.05, 0) is 55.2 Å². The van der Waals surface area contributed by atoms with Gasteiger partial charge in [0.2, 0.25) is 11.8 Å². The molecule has 232 valence electrons. The van der Waals surface area contributed by atoms with Gasteiger partial charge < -0.3 is 29.9 Å². The van der Waals surface area contributed by atoms with Crippen molar-refractivity contribution in [2.24, 2.45) is 17.8 Å². The van der Waals surface area contributed by atoms with Crippen molar-refractivity contribution in [2.45, 2.75) is 83.8 Å². The summed E-state index contributed by atoms with van der Waals surface area (Å²) >= 11 is 0. The maximum Gasteiger partial charge on any atom is 0.249 e. The van der Waals surface area contributed by atoms with Crippen LogP contribution < -0.4 is 10.1 Å². The van der Waals surface area contributed by atoms with Gasteiger partial charge in [0.15, 0.2) is 0 Å². The Balaban J connectivity index is 1.47. The molecule has 0 spiro atoms. The lowest BCUT2D eigenvalue weighted by atomic mass is 9.75. The van der Waals surface area contributed by atoms with Crippen LogP contribution in [0.3, 0.4) is 0 Å². The first-order valence-electron chi connectivity index (χ1n) is 15.7. The molecule has 0 aromatic heterocycles. The Hall–Kier alpha value is -3.20. The fourth-order valence-corrected chi connectivity index (χ4v) is 7.01. The second-order valence-electron chi connectivity index (χ2n) is 12.9. The molecule has 0 bridgehead atoms. The number of fused-ring (bicyclic) bond motifs is 3. The Morgan fingerprint density at radius 3 is 2.58 bits per heavy atom. The lowest BCUT2D eigenvalue weighted by Gasteiger charge is -2.41. The van der Waals surface area contributed by atoms with Crippen LogP contribution in [0.25, 0.3) is 0 Å². The molecule has 5 rings (SSSR count). The van der Waals surface area contributed by atoms with Crippen molar-refractivity contribution in [1.82, 2.24) is 10.2 Å². The number of nitrogens with one attached hydrogen (secondary N) is 1. The molecular formula is C35H46N2O6. The SMILES string of the molecule is Cc1ccc(CN(C(=O)CO[C@H]2C[C@@H](C)CC[C@@H]2C(C)C)[C@@H]2C=C(C(=O)NCCO)[C@@H]3c4ccccc4O[C@@H]3[C@H]2O)cc1. The van der Waals surface area contributed by atoms with E-state index >= 15 is 0 Å². The van der Waals surface area contributed by atoms with Crippen LogP contribution in [0.4, 0.5) is 0 Å². The van der Waals surface area contributed by atoms with E-state index in [1.54, 1.807) is 11.0 Å². The van der Waals surface area contributed by atoms with Crippen LogP contribution in [0.1, 0.15) is 62.6 Å². The molecule has 2 aromatic rings. The Kier molecular flexibility index (Phi) is 9.89. The highest BCUT2D eigenvalue weighted by Gasteiger charge is 2.50. The molecule has 3 N–H and O–H groups in total. The van der Waals surface area contributed by atoms with Gasteiger partial charge >= 0.3 is 0 Å². The van der Waals surface area contributed by atoms with Crippen LogP contribution >= 0.6 is 0 Å². The van der Waals surface area contributed by atoms with Crippen molar-refractivity contribution < 1.29 is 29.3 Å². The highest BCUT2D eigenvalue weighted by molar-refractivity contribution is 5.96. The molecule has 0 unspecified atom stereocenters. The summed E-state index contributed by atoms with van der Waals surface area (Å²) < 4.78 is 12.6. The van der Waals surface area contributed by atoms with Crippen LogP contribution in [0.15, 0.2) is 60.2 Å². The number of aliphatic hydroxyl groups is 2. The quantitative estimate of drug-likeness (QED) is 0.384. The molecular weight excluding hydrogens is 544 g/mol. The zero-order valence-electron chi connectivity index (χ0n) is 25.7. The summed E-state index contributed by atoms with van der Waals surface area (Å²) in [6, 6.07) is 14.6. The van der Waals surface area contributed by atoms with Crippen molar-refractivity contribution in [3.05, 3.63) is 76.9 Å². The molecule has 2 aliphatic carbocycles. The number of hydrogen-bond donors (Lipinski definition) is 3. The number of nitrogens with zero attached hydrogens (tertiary/aromatic N) is 1. The van der Waals surface area contributed by atoms with Gasteiger partial charge in [-0.25, -0.2) is 0 Å². The predicted octanol–water partition coefficient (Wildman–Crippen LogP) is 4.12. The van der Waals surface area contributed by atoms with E-state index in [9.17, 15) is 19.8 Å². The molecule has 0 radical (unpaired) electrons. The minimum absolute atomic E-state index is 0.00221. The van der Waals surface area contributed by atoms with E-state index in [1.807, 2.05) is 55.5 Å². The number of hydrogen-bond acceptors (Lipinski definition) is 6. The lowest BCUT2D eigenvalue weighted by molar-refractivity contribution is -0.148. The van der Waals surface area contributed by atoms with Gasteiger partial charge in [-0.15, -0.1) is 0 Å². The fourth-order valence-electron chi connectivity index (χ4n) is 7.01. The van der Waals surface area contributed by atoms with Crippen LogP contribution in [-0.4, -0.2) is 71.0 Å². The minimum atomic E-state index is -1.08. The molecule has 7 atom stereocenters. The van der Waals surface area contributed by atoms with E-state index < -0.39 is 24.2 Å². The average molecular weight is 591 g/mol. The zero-order valence-corrected chi connectivity index (χ0v) is 25.7. The van der Waals surface area contributed by atoms with Crippen molar-refractivity contribution in [3.63, 3.8) is 0 Å². The summed E-state index contributed by atoms with van der Waals surface area (Å²) in [5.74, 6) is 0.912. The summed E-state index contributed by atoms with van der Waals surface area (Å²) in [6.07, 6.45) is 3.06. The van der Waals surface area contributed by atoms with Gasteiger partial charge in [-0.2, -0.15) is 0 Å². The molecule has 1 aliphatic heterocycles. The summed E-state index contributed by atoms with van der Waals surface area (Å²) in [4.78, 5) is 29.2. The normalized spacial score (nSPS) is 28.0. The molecule has 1 heterocycles. The smallest absolute Gasteiger partial charge is 0.249 e. The molecule has 43 heavy (non-hydrogen) atoms. The maximum absolute atomic E-state index is 14.1. The highest BCUT2D eigenvalue weighted by Crippen LogP contribution is 2.47. The topological polar surface area (TPSA) is 108 Å². The van der Waals surface area contributed by atoms with Crippen LogP contribution in [-0.2, 0) is 20.9 Å². The Morgan fingerprint density at radius 2 is 1.86 bits per heavy atom. The van der Waals surface area contributed by atoms with Crippen molar-refractivity contribution in [1.29, 1.82) is 0 Å². The molecule has 2 amide bonds. The summed E-state index contributed by atoms with van der Waals surface area (Å²) in [7, 11) is 0. The Bertz CT molecular complexity index is 1310. The standard InChI is InChI=1S/C35H46N2O6/c1-21(2)25-14-11-23(4)17-30(25)42-20-31(39)37(19-24-12-9-22(3)10-13-24)28-18-27(35(41)36-15-16-38)32-26-7-5-6-8-29(26)43-34(32)33(28)40/h5-10,12-13,18,21,23,25,28,30,32-34,38,40H,11,14-17,19-20H2,1-4H3,(H,36,41)/t23-,25+,28+,30-,32-,33-,34-/m0/s1. The number of para-hydroxylation sites is 1. The van der Waals surface area contributed by atoms with Crippen LogP contribution in [0.2, 0.25) is 0 Å². The number of ether oxygens (including phenoxy) is 2. The summed E-state index contributed by atoms with van der Waals surface area (Å²) in [6.45, 7) is 8.71. The number of carbonyl (C=O) groups is 2. The van der Waals surface area contributed by atoms with Crippen LogP contribution in [0.5, 0.6) is 5.75 Å². The number of amides is 2. The number of benzene rings is 2. The van der Waals surface area contributed by atoms with E-state index in [0.717, 1.165) is 29.5 Å². The summed E-state index contributed by atoms with van der Waals surface area (Å²) in [5.41, 5.74) is 3.26. The van der Waals surface area contributed by atoms with Crippen molar-refractivity contribution in [2.75, 3.05) is 19.8 Å². The number of aliphatic hydroxyl groups excluding tert-OH is 2. The molecule has 1 saturated carbocycles. The maximum atomic E-state index is 14.1. The lowest BCUT2D eigenvalue weighted by Crippen LogP contribution is -2.56. The average Bonchev–Trinajstić information content (AvgIpc) is 3.39. The first kappa shape index (κ1) is 31.2. The number of carbonyl (C=O) groups excluding carboxylic acids is 2. The third-order valence-electron chi connectivity index (χ3n) is 9.41. The van der Waals surface area contributed by atoms with Crippen LogP contribution in [0, 0.1) is 24.7 Å². The van der Waals surface area contributed by atoms with E-state index in [1.165, 1.54) is 6.42 Å². The third kappa shape index (κ3) is 6.82. The number of rotatable bonds is 10. The van der Waals surface area contributed by atoms with Gasteiger partial charge in [0.05, 0.1) is 24.7 Å². The molecule has 3 aliphatic rings. The zero-order chi connectivity index (χ0) is 30.7. The highest BCUT2D eigenvalue weighted by atomic mass is 16.5. The molecule has 2 aromatic carbocycles. The van der Waals surface area contributed by atoms with Gasteiger partial charge in [0, 0.05) is 24.2 Å². The molecule has 1 fully saturated rings. The first-order valence-corrected chi connectivity index (χ1v) is 15.7. The van der Waals surface area contributed by atoms with Gasteiger partial charge in [-0.1, -0.05) is 75.2 Å². The largest absolute Gasteiger partial charge is 0.486 e. The molecule has 8 nitrogen and oxygen atoms in total. The van der Waals surface area contributed by atoms with E-state index in [-0.39, 0.29) is 44.2 Å². The monoisotopic (exact) mass is 590 g/mol. The van der Waals surface area contributed by atoms with E-state index in [4.69, 9.17) is 9.47 Å². The fraction of sp³-hybridized carbons (Fsp3) is 0.543. The summed E-state index contributed by atoms with van der Waals surface area (Å²) in [5, 5.41) is 24.0. The van der Waals surface area contributed by atoms with Gasteiger partial charge in [0.1, 0.15) is 24.6 Å².